The Bertz CT molecular complexity index is 634. The first-order valence-electron chi connectivity index (χ1n) is 4.61. The molecule has 0 aliphatic rings. The minimum Gasteiger partial charge on any atom is -0.273 e. The lowest BCUT2D eigenvalue weighted by atomic mass is 10.2. The number of H-pyrrole nitrogens is 1. The maximum absolute atomic E-state index is 6.02. The lowest BCUT2D eigenvalue weighted by Gasteiger charge is -2.00. The van der Waals surface area contributed by atoms with E-state index in [2.05, 4.69) is 25.1 Å². The zero-order valence-electron chi connectivity index (χ0n) is 8.05. The Morgan fingerprint density at radius 1 is 1.12 bits per heavy atom. The van der Waals surface area contributed by atoms with E-state index in [4.69, 9.17) is 11.6 Å². The van der Waals surface area contributed by atoms with Gasteiger partial charge >= 0.3 is 0 Å². The molecule has 1 N–H and O–H groups in total. The van der Waals surface area contributed by atoms with E-state index < -0.39 is 0 Å². The number of hydrogen-bond acceptors (Lipinski definition) is 4. The molecule has 0 bridgehead atoms. The molecule has 0 aliphatic carbocycles. The van der Waals surface area contributed by atoms with Crippen molar-refractivity contribution in [3.05, 3.63) is 35.9 Å². The third kappa shape index (κ3) is 1.42. The Morgan fingerprint density at radius 2 is 1.94 bits per heavy atom. The van der Waals surface area contributed by atoms with E-state index in [1.165, 1.54) is 0 Å². The molecule has 3 heterocycles. The third-order valence-electron chi connectivity index (χ3n) is 2.19. The van der Waals surface area contributed by atoms with Crippen molar-refractivity contribution in [3.8, 4) is 11.4 Å². The van der Waals surface area contributed by atoms with Gasteiger partial charge in [-0.3, -0.25) is 10.1 Å². The topological polar surface area (TPSA) is 67.3 Å². The maximum Gasteiger partial charge on any atom is 0.161 e. The van der Waals surface area contributed by atoms with E-state index in [1.54, 1.807) is 18.6 Å². The van der Waals surface area contributed by atoms with Gasteiger partial charge in [-0.15, -0.1) is 0 Å². The van der Waals surface area contributed by atoms with Gasteiger partial charge in [0, 0.05) is 18.0 Å². The summed E-state index contributed by atoms with van der Waals surface area (Å²) >= 11 is 6.02. The van der Waals surface area contributed by atoms with Gasteiger partial charge in [-0.25, -0.2) is 9.97 Å². The summed E-state index contributed by atoms with van der Waals surface area (Å²) < 4.78 is 0. The third-order valence-corrected chi connectivity index (χ3v) is 2.47. The Hall–Kier alpha value is -2.01. The zero-order chi connectivity index (χ0) is 11.0. The summed E-state index contributed by atoms with van der Waals surface area (Å²) in [6.45, 7) is 0. The van der Waals surface area contributed by atoms with E-state index >= 15 is 0 Å². The van der Waals surface area contributed by atoms with E-state index in [0.29, 0.717) is 22.0 Å². The number of rotatable bonds is 1. The van der Waals surface area contributed by atoms with Gasteiger partial charge in [0.1, 0.15) is 11.0 Å². The minimum atomic E-state index is 0.370. The van der Waals surface area contributed by atoms with Gasteiger partial charge in [0.25, 0.3) is 0 Å². The minimum absolute atomic E-state index is 0.370. The molecule has 0 fully saturated rings. The summed E-state index contributed by atoms with van der Waals surface area (Å²) in [5, 5.41) is 6.99. The molecular weight excluding hydrogens is 226 g/mol. The highest BCUT2D eigenvalue weighted by Gasteiger charge is 2.08. The number of nitrogens with zero attached hydrogens (tertiary/aromatic N) is 4. The lowest BCUT2D eigenvalue weighted by molar-refractivity contribution is 1.11. The maximum atomic E-state index is 6.02. The molecule has 0 aliphatic heterocycles. The Morgan fingerprint density at radius 3 is 2.75 bits per heavy atom. The van der Waals surface area contributed by atoms with Crippen LogP contribution in [-0.2, 0) is 0 Å². The molecule has 0 radical (unpaired) electrons. The summed E-state index contributed by atoms with van der Waals surface area (Å²) in [7, 11) is 0. The Labute approximate surface area is 95.5 Å². The van der Waals surface area contributed by atoms with Crippen LogP contribution in [0.1, 0.15) is 0 Å². The van der Waals surface area contributed by atoms with Crippen LogP contribution in [0.25, 0.3) is 22.4 Å². The smallest absolute Gasteiger partial charge is 0.161 e. The summed E-state index contributed by atoms with van der Waals surface area (Å²) in [6, 6.07) is 3.66. The lowest BCUT2D eigenvalue weighted by Crippen LogP contribution is -1.90. The van der Waals surface area contributed by atoms with Gasteiger partial charge in [-0.05, 0) is 12.1 Å². The normalized spacial score (nSPS) is 10.8. The van der Waals surface area contributed by atoms with Crippen LogP contribution in [0.3, 0.4) is 0 Å². The van der Waals surface area contributed by atoms with Crippen LogP contribution in [0, 0.1) is 0 Å². The molecule has 0 spiro atoms. The molecule has 0 saturated heterocycles. The molecule has 0 aromatic carbocycles. The molecule has 78 valence electrons. The van der Waals surface area contributed by atoms with Gasteiger partial charge in [-0.1, -0.05) is 11.6 Å². The molecule has 3 rings (SSSR count). The van der Waals surface area contributed by atoms with Crippen molar-refractivity contribution in [3.63, 3.8) is 0 Å². The van der Waals surface area contributed by atoms with Gasteiger partial charge in [0.15, 0.2) is 11.0 Å². The molecule has 5 nitrogen and oxygen atoms in total. The predicted octanol–water partition coefficient (Wildman–Crippen LogP) is 2.07. The van der Waals surface area contributed by atoms with Crippen LogP contribution >= 0.6 is 11.6 Å². The van der Waals surface area contributed by atoms with Crippen molar-refractivity contribution in [2.45, 2.75) is 0 Å². The van der Waals surface area contributed by atoms with Crippen molar-refractivity contribution in [2.24, 2.45) is 0 Å². The van der Waals surface area contributed by atoms with E-state index in [-0.39, 0.29) is 0 Å². The molecule has 0 amide bonds. The predicted molar refractivity (Wildman–Crippen MR) is 59.9 cm³/mol. The van der Waals surface area contributed by atoms with Crippen molar-refractivity contribution in [1.29, 1.82) is 0 Å². The highest BCUT2D eigenvalue weighted by molar-refractivity contribution is 6.33. The number of fused-ring (bicyclic) bond motifs is 1. The number of nitrogens with one attached hydrogen (secondary N) is 1. The van der Waals surface area contributed by atoms with Gasteiger partial charge in [0.05, 0.1) is 6.20 Å². The van der Waals surface area contributed by atoms with Crippen molar-refractivity contribution < 1.29 is 0 Å². The fourth-order valence-corrected chi connectivity index (χ4v) is 1.65. The fourth-order valence-electron chi connectivity index (χ4n) is 1.43. The second kappa shape index (κ2) is 3.53. The Balaban J connectivity index is 2.25. The van der Waals surface area contributed by atoms with Crippen molar-refractivity contribution in [1.82, 2.24) is 25.1 Å². The molecular formula is C10H6ClN5. The first-order chi connectivity index (χ1) is 7.84. The highest BCUT2D eigenvalue weighted by atomic mass is 35.5. The molecule has 6 heteroatoms. The first-order valence-corrected chi connectivity index (χ1v) is 4.99. The molecule has 0 unspecified atom stereocenters. The average Bonchev–Trinajstić information content (AvgIpc) is 2.79. The first kappa shape index (κ1) is 9.23. The van der Waals surface area contributed by atoms with Crippen LogP contribution in [0.5, 0.6) is 0 Å². The zero-order valence-corrected chi connectivity index (χ0v) is 8.81. The SMILES string of the molecule is Clc1nc(-c2ccncc2)nc2cn[nH]c12. The number of hydrogen-bond donors (Lipinski definition) is 1. The van der Waals surface area contributed by atoms with Gasteiger partial charge in [0.2, 0.25) is 0 Å². The second-order valence-electron chi connectivity index (χ2n) is 3.20. The molecule has 3 aromatic heterocycles. The second-order valence-corrected chi connectivity index (χ2v) is 3.56. The number of halogens is 1. The molecule has 0 saturated carbocycles. The van der Waals surface area contributed by atoms with Crippen LogP contribution in [0.2, 0.25) is 5.15 Å². The summed E-state index contributed by atoms with van der Waals surface area (Å²) in [5.74, 6) is 0.571. The van der Waals surface area contributed by atoms with Gasteiger partial charge < -0.3 is 0 Å². The summed E-state index contributed by atoms with van der Waals surface area (Å²) in [6.07, 6.45) is 4.99. The largest absolute Gasteiger partial charge is 0.273 e. The van der Waals surface area contributed by atoms with Crippen LogP contribution in [0.4, 0.5) is 0 Å². The monoisotopic (exact) mass is 231 g/mol. The molecule has 0 atom stereocenters. The molecule has 16 heavy (non-hydrogen) atoms. The quantitative estimate of drug-likeness (QED) is 0.651. The Kier molecular flexibility index (Phi) is 2.04. The number of pyridine rings is 1. The van der Waals surface area contributed by atoms with Crippen molar-refractivity contribution in [2.75, 3.05) is 0 Å². The standard InChI is InChI=1S/C10H6ClN5/c11-9-8-7(5-13-16-8)14-10(15-9)6-1-3-12-4-2-6/h1-5H,(H,13,16). The molecule has 3 aromatic rings. The van der Waals surface area contributed by atoms with Crippen molar-refractivity contribution >= 4 is 22.6 Å². The number of aromatic nitrogens is 5. The number of aromatic amines is 1. The van der Waals surface area contributed by atoms with Gasteiger partial charge in [-0.2, -0.15) is 5.10 Å². The van der Waals surface area contributed by atoms with Crippen LogP contribution in [-0.4, -0.2) is 25.1 Å². The average molecular weight is 232 g/mol. The van der Waals surface area contributed by atoms with E-state index in [1.807, 2.05) is 12.1 Å². The van der Waals surface area contributed by atoms with E-state index in [9.17, 15) is 0 Å². The summed E-state index contributed by atoms with van der Waals surface area (Å²) in [5.41, 5.74) is 2.23. The summed E-state index contributed by atoms with van der Waals surface area (Å²) in [4.78, 5) is 12.5. The van der Waals surface area contributed by atoms with Crippen LogP contribution in [0.15, 0.2) is 30.7 Å². The highest BCUT2D eigenvalue weighted by Crippen LogP contribution is 2.22. The van der Waals surface area contributed by atoms with Crippen LogP contribution < -0.4 is 0 Å². The fraction of sp³-hybridized carbons (Fsp3) is 0. The van der Waals surface area contributed by atoms with E-state index in [0.717, 1.165) is 5.56 Å².